The molecule has 1 aliphatic heterocycles. The van der Waals surface area contributed by atoms with Gasteiger partial charge in [-0.2, -0.15) is 0 Å². The van der Waals surface area contributed by atoms with E-state index < -0.39 is 0 Å². The Hall–Kier alpha value is -1.08. The number of ether oxygens (including phenoxy) is 1. The molecule has 1 aromatic carbocycles. The van der Waals surface area contributed by atoms with Crippen molar-refractivity contribution in [2.75, 3.05) is 13.2 Å². The van der Waals surface area contributed by atoms with E-state index in [1.165, 1.54) is 18.4 Å². The maximum atomic E-state index is 5.32. The van der Waals surface area contributed by atoms with Crippen LogP contribution in [0.5, 0.6) is 0 Å². The Bertz CT molecular complexity index is 283. The minimum Gasteiger partial charge on any atom is -0.381 e. The molecule has 0 unspecified atom stereocenters. The molecule has 1 heterocycles. The maximum Gasteiger partial charge on any atom is 0.0471 e. The van der Waals surface area contributed by atoms with E-state index >= 15 is 0 Å². The van der Waals surface area contributed by atoms with E-state index in [9.17, 15) is 0 Å². The van der Waals surface area contributed by atoms with Crippen LogP contribution in [0.4, 0.5) is 0 Å². The van der Waals surface area contributed by atoms with E-state index in [0.29, 0.717) is 5.92 Å². The lowest BCUT2D eigenvalue weighted by Crippen LogP contribution is -2.13. The van der Waals surface area contributed by atoms with Crippen molar-refractivity contribution >= 4 is 6.08 Å². The fraction of sp³-hybridized carbons (Fsp3) is 0.385. The van der Waals surface area contributed by atoms with Crippen LogP contribution in [0.25, 0.3) is 6.08 Å². The minimum atomic E-state index is 0.712. The Morgan fingerprint density at radius 3 is 2.50 bits per heavy atom. The fourth-order valence-electron chi connectivity index (χ4n) is 1.72. The summed E-state index contributed by atoms with van der Waals surface area (Å²) in [6.45, 7) is 1.84. The average molecular weight is 188 g/mol. The molecule has 74 valence electrons. The van der Waals surface area contributed by atoms with Gasteiger partial charge in [-0.05, 0) is 24.3 Å². The van der Waals surface area contributed by atoms with Crippen molar-refractivity contribution in [3.05, 3.63) is 42.0 Å². The first-order chi connectivity index (χ1) is 6.95. The summed E-state index contributed by atoms with van der Waals surface area (Å²) in [6, 6.07) is 10.5. The predicted octanol–water partition coefficient (Wildman–Crippen LogP) is 3.13. The van der Waals surface area contributed by atoms with Crippen LogP contribution in [0.15, 0.2) is 36.4 Å². The van der Waals surface area contributed by atoms with Gasteiger partial charge in [-0.3, -0.25) is 0 Å². The highest BCUT2D eigenvalue weighted by Crippen LogP contribution is 2.17. The average Bonchev–Trinajstić information content (AvgIpc) is 2.29. The first-order valence-corrected chi connectivity index (χ1v) is 5.26. The first-order valence-electron chi connectivity index (χ1n) is 5.26. The molecule has 1 aromatic rings. The second kappa shape index (κ2) is 4.97. The van der Waals surface area contributed by atoms with Crippen LogP contribution < -0.4 is 0 Å². The number of benzene rings is 1. The molecule has 1 aliphatic rings. The van der Waals surface area contributed by atoms with Crippen molar-refractivity contribution in [1.82, 2.24) is 0 Å². The molecule has 0 spiro atoms. The number of hydrogen-bond donors (Lipinski definition) is 0. The molecule has 1 heteroatoms. The lowest BCUT2D eigenvalue weighted by atomic mass is 9.99. The summed E-state index contributed by atoms with van der Waals surface area (Å²) in [4.78, 5) is 0. The van der Waals surface area contributed by atoms with Crippen LogP contribution in [0.2, 0.25) is 0 Å². The van der Waals surface area contributed by atoms with Gasteiger partial charge >= 0.3 is 0 Å². The van der Waals surface area contributed by atoms with Gasteiger partial charge in [0.25, 0.3) is 0 Å². The molecule has 0 aliphatic carbocycles. The molecular formula is C13H16O. The number of rotatable bonds is 2. The van der Waals surface area contributed by atoms with Crippen molar-refractivity contribution < 1.29 is 4.74 Å². The largest absolute Gasteiger partial charge is 0.381 e. The molecule has 0 atom stereocenters. The van der Waals surface area contributed by atoms with E-state index in [-0.39, 0.29) is 0 Å². The van der Waals surface area contributed by atoms with Crippen LogP contribution in [0.1, 0.15) is 18.4 Å². The lowest BCUT2D eigenvalue weighted by Gasteiger charge is -2.18. The van der Waals surface area contributed by atoms with Crippen molar-refractivity contribution in [2.24, 2.45) is 5.92 Å². The Morgan fingerprint density at radius 1 is 1.07 bits per heavy atom. The van der Waals surface area contributed by atoms with E-state index in [1.54, 1.807) is 0 Å². The van der Waals surface area contributed by atoms with Gasteiger partial charge in [-0.1, -0.05) is 42.5 Å². The molecule has 0 bridgehead atoms. The summed E-state index contributed by atoms with van der Waals surface area (Å²) in [5.74, 6) is 0.712. The van der Waals surface area contributed by atoms with E-state index in [4.69, 9.17) is 4.74 Å². The van der Waals surface area contributed by atoms with Gasteiger partial charge in [0.15, 0.2) is 0 Å². The molecule has 0 radical (unpaired) electrons. The number of allylic oxidation sites excluding steroid dienone is 1. The summed E-state index contributed by atoms with van der Waals surface area (Å²) in [5, 5.41) is 0. The molecule has 0 amide bonds. The SMILES string of the molecule is C(=CC1CCOCC1)c1ccccc1. The summed E-state index contributed by atoms with van der Waals surface area (Å²) in [7, 11) is 0. The Morgan fingerprint density at radius 2 is 1.79 bits per heavy atom. The molecule has 0 N–H and O–H groups in total. The van der Waals surface area contributed by atoms with E-state index in [1.807, 2.05) is 6.07 Å². The maximum absolute atomic E-state index is 5.32. The zero-order chi connectivity index (χ0) is 9.64. The molecule has 14 heavy (non-hydrogen) atoms. The molecule has 0 aromatic heterocycles. The van der Waals surface area contributed by atoms with Crippen LogP contribution in [-0.2, 0) is 4.74 Å². The predicted molar refractivity (Wildman–Crippen MR) is 59.0 cm³/mol. The van der Waals surface area contributed by atoms with Crippen LogP contribution in [0.3, 0.4) is 0 Å². The van der Waals surface area contributed by atoms with Gasteiger partial charge in [0, 0.05) is 13.2 Å². The Labute approximate surface area is 85.4 Å². The Kier molecular flexibility index (Phi) is 3.36. The van der Waals surface area contributed by atoms with Gasteiger partial charge < -0.3 is 4.74 Å². The summed E-state index contributed by atoms with van der Waals surface area (Å²) in [6.07, 6.45) is 6.88. The van der Waals surface area contributed by atoms with Gasteiger partial charge in [-0.25, -0.2) is 0 Å². The highest BCUT2D eigenvalue weighted by Gasteiger charge is 2.09. The Balaban J connectivity index is 1.93. The van der Waals surface area contributed by atoms with Gasteiger partial charge in [-0.15, -0.1) is 0 Å². The molecular weight excluding hydrogens is 172 g/mol. The normalized spacial score (nSPS) is 18.9. The second-order valence-corrected chi connectivity index (χ2v) is 3.72. The standard InChI is InChI=1S/C13H16O/c1-2-4-12(5-3-1)6-7-13-8-10-14-11-9-13/h1-7,13H,8-11H2. The van der Waals surface area contributed by atoms with Gasteiger partial charge in [0.2, 0.25) is 0 Å². The molecule has 0 saturated carbocycles. The smallest absolute Gasteiger partial charge is 0.0471 e. The minimum absolute atomic E-state index is 0.712. The number of hydrogen-bond acceptors (Lipinski definition) is 1. The van der Waals surface area contributed by atoms with Crippen molar-refractivity contribution in [1.29, 1.82) is 0 Å². The van der Waals surface area contributed by atoms with Crippen LogP contribution in [0, 0.1) is 5.92 Å². The van der Waals surface area contributed by atoms with E-state index in [0.717, 1.165) is 13.2 Å². The van der Waals surface area contributed by atoms with Crippen molar-refractivity contribution in [3.8, 4) is 0 Å². The quantitative estimate of drug-likeness (QED) is 0.693. The lowest BCUT2D eigenvalue weighted by molar-refractivity contribution is 0.0787. The van der Waals surface area contributed by atoms with Crippen molar-refractivity contribution in [2.45, 2.75) is 12.8 Å². The molecule has 2 rings (SSSR count). The van der Waals surface area contributed by atoms with Crippen LogP contribution in [-0.4, -0.2) is 13.2 Å². The summed E-state index contributed by atoms with van der Waals surface area (Å²) >= 11 is 0. The van der Waals surface area contributed by atoms with Crippen molar-refractivity contribution in [3.63, 3.8) is 0 Å². The topological polar surface area (TPSA) is 9.23 Å². The molecule has 1 saturated heterocycles. The fourth-order valence-corrected chi connectivity index (χ4v) is 1.72. The third kappa shape index (κ3) is 2.71. The third-order valence-corrected chi connectivity index (χ3v) is 2.63. The van der Waals surface area contributed by atoms with Gasteiger partial charge in [0.1, 0.15) is 0 Å². The second-order valence-electron chi connectivity index (χ2n) is 3.72. The zero-order valence-corrected chi connectivity index (χ0v) is 8.36. The first kappa shape index (κ1) is 9.47. The molecule has 1 nitrogen and oxygen atoms in total. The van der Waals surface area contributed by atoms with Gasteiger partial charge in [0.05, 0.1) is 0 Å². The zero-order valence-electron chi connectivity index (χ0n) is 8.36. The third-order valence-electron chi connectivity index (χ3n) is 2.63. The highest BCUT2D eigenvalue weighted by atomic mass is 16.5. The summed E-state index contributed by atoms with van der Waals surface area (Å²) < 4.78 is 5.32. The molecule has 1 fully saturated rings. The summed E-state index contributed by atoms with van der Waals surface area (Å²) in [5.41, 5.74) is 1.29. The highest BCUT2D eigenvalue weighted by molar-refractivity contribution is 5.48. The monoisotopic (exact) mass is 188 g/mol. The van der Waals surface area contributed by atoms with Crippen LogP contribution >= 0.6 is 0 Å². The van der Waals surface area contributed by atoms with E-state index in [2.05, 4.69) is 36.4 Å².